The van der Waals surface area contributed by atoms with Gasteiger partial charge < -0.3 is 19.6 Å². The average Bonchev–Trinajstić information content (AvgIpc) is 2.86. The number of aryl methyl sites for hydroxylation is 1. The largest absolute Gasteiger partial charge is 0.466 e. The highest BCUT2D eigenvalue weighted by atomic mass is 32.2. The molecular formula is C16H18N2O4S. The second-order valence-corrected chi connectivity index (χ2v) is 6.16. The number of nitrogens with zero attached hydrogens (tertiary/aromatic N) is 1. The number of carbonyl (C=O) groups is 1. The van der Waals surface area contributed by atoms with E-state index >= 15 is 0 Å². The molecule has 23 heavy (non-hydrogen) atoms. The molecule has 0 saturated heterocycles. The molecule has 0 aliphatic carbocycles. The number of thioether (sulfide) groups is 1. The minimum Gasteiger partial charge on any atom is -0.466 e. The summed E-state index contributed by atoms with van der Waals surface area (Å²) in [5, 5.41) is 10.2. The van der Waals surface area contributed by atoms with Crippen LogP contribution in [0.25, 0.3) is 0 Å². The lowest BCUT2D eigenvalue weighted by Gasteiger charge is -2.26. The highest BCUT2D eigenvalue weighted by Gasteiger charge is 2.38. The van der Waals surface area contributed by atoms with Crippen LogP contribution in [0.2, 0.25) is 0 Å². The van der Waals surface area contributed by atoms with Crippen molar-refractivity contribution < 1.29 is 18.7 Å². The van der Waals surface area contributed by atoms with Gasteiger partial charge in [-0.3, -0.25) is 0 Å². The number of hydrogen-bond acceptors (Lipinski definition) is 7. The molecule has 1 unspecified atom stereocenters. The Labute approximate surface area is 138 Å². The molecule has 1 aromatic heterocycles. The Morgan fingerprint density at radius 3 is 2.78 bits per heavy atom. The normalized spacial score (nSPS) is 17.8. The Hall–Kier alpha value is -2.33. The van der Waals surface area contributed by atoms with Crippen molar-refractivity contribution in [1.82, 2.24) is 0 Å². The number of esters is 1. The van der Waals surface area contributed by atoms with Gasteiger partial charge in [-0.1, -0.05) is 18.7 Å². The molecule has 1 aliphatic heterocycles. The quantitative estimate of drug-likeness (QED) is 0.667. The SMILES string of the molecule is CCSc1oc(C)cc1C1C(C#N)=C(N)OC(C)=C1C(=O)OC. The zero-order valence-electron chi connectivity index (χ0n) is 13.4. The van der Waals surface area contributed by atoms with E-state index in [1.807, 2.05) is 26.0 Å². The third-order valence-corrected chi connectivity index (χ3v) is 4.32. The molecule has 2 N–H and O–H groups in total. The van der Waals surface area contributed by atoms with E-state index in [2.05, 4.69) is 0 Å². The molecule has 1 aliphatic rings. The van der Waals surface area contributed by atoms with Crippen molar-refractivity contribution >= 4 is 17.7 Å². The summed E-state index contributed by atoms with van der Waals surface area (Å²) in [6.07, 6.45) is 0. The van der Waals surface area contributed by atoms with Gasteiger partial charge in [0.25, 0.3) is 0 Å². The van der Waals surface area contributed by atoms with Crippen LogP contribution < -0.4 is 5.73 Å². The molecule has 0 bridgehead atoms. The summed E-state index contributed by atoms with van der Waals surface area (Å²) in [7, 11) is 1.29. The minimum absolute atomic E-state index is 0.00560. The number of furan rings is 1. The molecule has 2 rings (SSSR count). The van der Waals surface area contributed by atoms with Gasteiger partial charge >= 0.3 is 5.97 Å². The van der Waals surface area contributed by atoms with Crippen LogP contribution in [0.3, 0.4) is 0 Å². The minimum atomic E-state index is -0.660. The van der Waals surface area contributed by atoms with E-state index in [1.54, 1.807) is 6.92 Å². The van der Waals surface area contributed by atoms with Crippen molar-refractivity contribution in [3.63, 3.8) is 0 Å². The van der Waals surface area contributed by atoms with E-state index in [9.17, 15) is 10.1 Å². The molecule has 122 valence electrons. The van der Waals surface area contributed by atoms with Gasteiger partial charge in [-0.25, -0.2) is 4.79 Å². The van der Waals surface area contributed by atoms with Gasteiger partial charge in [0.2, 0.25) is 5.88 Å². The van der Waals surface area contributed by atoms with Gasteiger partial charge in [0.1, 0.15) is 23.2 Å². The van der Waals surface area contributed by atoms with Gasteiger partial charge in [0.05, 0.1) is 18.6 Å². The molecule has 0 radical (unpaired) electrons. The zero-order valence-corrected chi connectivity index (χ0v) is 14.2. The molecule has 7 heteroatoms. The maximum atomic E-state index is 12.2. The highest BCUT2D eigenvalue weighted by Crippen LogP contribution is 2.44. The fraction of sp³-hybridized carbons (Fsp3) is 0.375. The summed E-state index contributed by atoms with van der Waals surface area (Å²) < 4.78 is 15.9. The van der Waals surface area contributed by atoms with E-state index in [4.69, 9.17) is 19.6 Å². The maximum Gasteiger partial charge on any atom is 0.338 e. The van der Waals surface area contributed by atoms with Crippen molar-refractivity contribution in [3.8, 4) is 6.07 Å². The first-order valence-electron chi connectivity index (χ1n) is 7.04. The van der Waals surface area contributed by atoms with Crippen molar-refractivity contribution in [3.05, 3.63) is 40.2 Å². The number of nitrogens with two attached hydrogens (primary N) is 1. The average molecular weight is 334 g/mol. The van der Waals surface area contributed by atoms with Crippen LogP contribution in [-0.4, -0.2) is 18.8 Å². The Morgan fingerprint density at radius 2 is 2.22 bits per heavy atom. The monoisotopic (exact) mass is 334 g/mol. The van der Waals surface area contributed by atoms with Crippen LogP contribution in [0.1, 0.15) is 31.1 Å². The van der Waals surface area contributed by atoms with Gasteiger partial charge in [-0.15, -0.1) is 0 Å². The molecule has 0 spiro atoms. The third kappa shape index (κ3) is 3.08. The van der Waals surface area contributed by atoms with Crippen LogP contribution in [0.4, 0.5) is 0 Å². The Balaban J connectivity index is 2.68. The molecule has 1 atom stereocenters. The van der Waals surface area contributed by atoms with E-state index in [0.29, 0.717) is 16.6 Å². The summed E-state index contributed by atoms with van der Waals surface area (Å²) in [5.41, 5.74) is 7.01. The molecule has 1 aromatic rings. The number of hydrogen-bond donors (Lipinski definition) is 1. The fourth-order valence-electron chi connectivity index (χ4n) is 2.52. The van der Waals surface area contributed by atoms with Gasteiger partial charge in [-0.05, 0) is 25.7 Å². The zero-order chi connectivity index (χ0) is 17.1. The Morgan fingerprint density at radius 1 is 1.52 bits per heavy atom. The lowest BCUT2D eigenvalue weighted by Crippen LogP contribution is -2.25. The summed E-state index contributed by atoms with van der Waals surface area (Å²) in [6.45, 7) is 5.43. The summed E-state index contributed by atoms with van der Waals surface area (Å²) in [6, 6.07) is 3.86. The van der Waals surface area contributed by atoms with Gasteiger partial charge in [-0.2, -0.15) is 5.26 Å². The first-order valence-corrected chi connectivity index (χ1v) is 8.02. The number of methoxy groups -OCH3 is 1. The summed E-state index contributed by atoms with van der Waals surface area (Å²) in [4.78, 5) is 12.2. The predicted molar refractivity (Wildman–Crippen MR) is 85.2 cm³/mol. The standard InChI is InChI=1S/C16H18N2O4S/c1-5-23-16-10(6-8(2)21-16)13-11(7-17)14(18)22-9(3)12(13)15(19)20-4/h6,13H,5,18H2,1-4H3. The molecule has 6 nitrogen and oxygen atoms in total. The van der Waals surface area contributed by atoms with Crippen LogP contribution in [-0.2, 0) is 14.3 Å². The van der Waals surface area contributed by atoms with Crippen molar-refractivity contribution in [2.24, 2.45) is 5.73 Å². The predicted octanol–water partition coefficient (Wildman–Crippen LogP) is 2.95. The summed E-state index contributed by atoms with van der Waals surface area (Å²) >= 11 is 1.50. The van der Waals surface area contributed by atoms with Crippen LogP contribution in [0.5, 0.6) is 0 Å². The number of carbonyl (C=O) groups excluding carboxylic acids is 1. The molecular weight excluding hydrogens is 316 g/mol. The van der Waals surface area contributed by atoms with Crippen molar-refractivity contribution in [1.29, 1.82) is 5.26 Å². The first kappa shape index (κ1) is 17.0. The van der Waals surface area contributed by atoms with E-state index < -0.39 is 11.9 Å². The second kappa shape index (κ2) is 6.84. The van der Waals surface area contributed by atoms with E-state index in [1.165, 1.54) is 18.9 Å². The molecule has 0 saturated carbocycles. The molecule has 0 aromatic carbocycles. The van der Waals surface area contributed by atoms with Crippen LogP contribution >= 0.6 is 11.8 Å². The molecule has 0 fully saturated rings. The second-order valence-electron chi connectivity index (χ2n) is 4.92. The number of allylic oxidation sites excluding steroid dienone is 2. The number of ether oxygens (including phenoxy) is 2. The topological polar surface area (TPSA) is 98.5 Å². The number of rotatable bonds is 4. The lowest BCUT2D eigenvalue weighted by molar-refractivity contribution is -0.136. The smallest absolute Gasteiger partial charge is 0.338 e. The maximum absolute atomic E-state index is 12.2. The fourth-order valence-corrected chi connectivity index (χ4v) is 3.32. The molecule has 0 amide bonds. The van der Waals surface area contributed by atoms with Crippen LogP contribution in [0.15, 0.2) is 38.4 Å². The van der Waals surface area contributed by atoms with Gasteiger partial charge in [0, 0.05) is 5.56 Å². The number of nitriles is 1. The lowest BCUT2D eigenvalue weighted by atomic mass is 9.84. The van der Waals surface area contributed by atoms with Crippen molar-refractivity contribution in [2.45, 2.75) is 31.8 Å². The summed E-state index contributed by atoms with van der Waals surface area (Å²) in [5.74, 6) is 0.589. The third-order valence-electron chi connectivity index (χ3n) is 3.45. The first-order chi connectivity index (χ1) is 10.9. The van der Waals surface area contributed by atoms with Crippen LogP contribution in [0, 0.1) is 18.3 Å². The Kier molecular flexibility index (Phi) is 5.06. The van der Waals surface area contributed by atoms with Crippen molar-refractivity contribution in [2.75, 3.05) is 12.9 Å². The van der Waals surface area contributed by atoms with Gasteiger partial charge in [0.15, 0.2) is 5.09 Å². The molecule has 2 heterocycles. The van der Waals surface area contributed by atoms with E-state index in [0.717, 1.165) is 11.3 Å². The Bertz CT molecular complexity index is 740. The van der Waals surface area contributed by atoms with E-state index in [-0.39, 0.29) is 17.0 Å². The highest BCUT2D eigenvalue weighted by molar-refractivity contribution is 7.99.